The van der Waals surface area contributed by atoms with Gasteiger partial charge in [0.05, 0.1) is 18.9 Å². The van der Waals surface area contributed by atoms with Crippen LogP contribution in [-0.4, -0.2) is 50.4 Å². The quantitative estimate of drug-likeness (QED) is 0.540. The molecule has 0 aliphatic carbocycles. The molecule has 0 spiro atoms. The Bertz CT molecular complexity index is 1210. The Morgan fingerprint density at radius 3 is 2.96 bits per heavy atom. The van der Waals surface area contributed by atoms with Crippen molar-refractivity contribution in [3.63, 3.8) is 0 Å². The SMILES string of the molecule is Cc1cnc(-c2cnc3cnn(CC(=O)NN4C=Cn5ncnc5C4)c3n2)s1. The topological polar surface area (TPSA) is 120 Å². The normalized spacial score (nSPS) is 13.1. The van der Waals surface area contributed by atoms with Crippen LogP contribution in [0.3, 0.4) is 0 Å². The number of hydrazine groups is 1. The minimum absolute atomic E-state index is 0.00948. The van der Waals surface area contributed by atoms with Gasteiger partial charge in [-0.25, -0.2) is 29.3 Å². The van der Waals surface area contributed by atoms with Crippen LogP contribution in [0, 0.1) is 6.92 Å². The Labute approximate surface area is 162 Å². The Kier molecular flexibility index (Phi) is 3.83. The minimum atomic E-state index is -0.236. The maximum atomic E-state index is 12.5. The molecule has 1 N–H and O–H groups in total. The summed E-state index contributed by atoms with van der Waals surface area (Å²) in [4.78, 5) is 31.0. The van der Waals surface area contributed by atoms with Gasteiger partial charge in [0.2, 0.25) is 0 Å². The van der Waals surface area contributed by atoms with Crippen molar-refractivity contribution >= 4 is 34.6 Å². The molecule has 140 valence electrons. The molecule has 11 nitrogen and oxygen atoms in total. The van der Waals surface area contributed by atoms with E-state index in [9.17, 15) is 4.79 Å². The minimum Gasteiger partial charge on any atom is -0.284 e. The first-order chi connectivity index (χ1) is 13.7. The number of fused-ring (bicyclic) bond motifs is 2. The second-order valence-electron chi connectivity index (χ2n) is 6.12. The second kappa shape index (κ2) is 6.49. The Hall–Kier alpha value is -3.67. The number of hydrogen-bond donors (Lipinski definition) is 1. The van der Waals surface area contributed by atoms with Gasteiger partial charge < -0.3 is 0 Å². The van der Waals surface area contributed by atoms with Crippen LogP contribution in [0.5, 0.6) is 0 Å². The lowest BCUT2D eigenvalue weighted by Crippen LogP contribution is -2.41. The highest BCUT2D eigenvalue weighted by molar-refractivity contribution is 7.14. The van der Waals surface area contributed by atoms with Crippen LogP contribution < -0.4 is 5.43 Å². The average Bonchev–Trinajstić information content (AvgIpc) is 3.41. The molecule has 0 aromatic carbocycles. The van der Waals surface area contributed by atoms with E-state index in [4.69, 9.17) is 0 Å². The van der Waals surface area contributed by atoms with Crippen molar-refractivity contribution in [2.75, 3.05) is 0 Å². The largest absolute Gasteiger partial charge is 0.284 e. The van der Waals surface area contributed by atoms with Crippen LogP contribution in [0.2, 0.25) is 0 Å². The molecular formula is C16H14N10OS. The third-order valence-corrected chi connectivity index (χ3v) is 5.03. The number of nitrogens with zero attached hydrogens (tertiary/aromatic N) is 9. The number of amides is 1. The van der Waals surface area contributed by atoms with E-state index < -0.39 is 0 Å². The van der Waals surface area contributed by atoms with Crippen molar-refractivity contribution in [1.82, 2.24) is 49.9 Å². The number of nitrogens with one attached hydrogen (secondary N) is 1. The van der Waals surface area contributed by atoms with E-state index in [1.54, 1.807) is 52.0 Å². The van der Waals surface area contributed by atoms with E-state index in [0.29, 0.717) is 23.4 Å². The first-order valence-corrected chi connectivity index (χ1v) is 9.21. The Morgan fingerprint density at radius 2 is 2.11 bits per heavy atom. The summed E-state index contributed by atoms with van der Waals surface area (Å²) in [6.45, 7) is 2.42. The molecule has 0 atom stereocenters. The number of aryl methyl sites for hydroxylation is 1. The first-order valence-electron chi connectivity index (χ1n) is 8.40. The van der Waals surface area contributed by atoms with Gasteiger partial charge in [-0.05, 0) is 6.92 Å². The van der Waals surface area contributed by atoms with Gasteiger partial charge in [0.15, 0.2) is 11.5 Å². The molecule has 12 heteroatoms. The molecule has 4 aromatic rings. The third-order valence-electron chi connectivity index (χ3n) is 4.09. The van der Waals surface area contributed by atoms with Gasteiger partial charge in [-0.2, -0.15) is 10.2 Å². The van der Waals surface area contributed by atoms with Crippen LogP contribution in [-0.2, 0) is 17.9 Å². The van der Waals surface area contributed by atoms with Gasteiger partial charge in [0.25, 0.3) is 5.91 Å². The molecule has 0 saturated heterocycles. The van der Waals surface area contributed by atoms with Gasteiger partial charge in [0, 0.05) is 23.5 Å². The summed E-state index contributed by atoms with van der Waals surface area (Å²) in [6.07, 6.45) is 9.98. The Morgan fingerprint density at radius 1 is 1.18 bits per heavy atom. The fourth-order valence-electron chi connectivity index (χ4n) is 2.81. The molecule has 5 heterocycles. The zero-order chi connectivity index (χ0) is 19.1. The van der Waals surface area contributed by atoms with Crippen molar-refractivity contribution < 1.29 is 4.79 Å². The monoisotopic (exact) mass is 394 g/mol. The highest BCUT2D eigenvalue weighted by Crippen LogP contribution is 2.23. The van der Waals surface area contributed by atoms with Gasteiger partial charge in [-0.1, -0.05) is 0 Å². The summed E-state index contributed by atoms with van der Waals surface area (Å²) in [5, 5.41) is 10.7. The molecule has 1 amide bonds. The molecule has 0 unspecified atom stereocenters. The highest BCUT2D eigenvalue weighted by Gasteiger charge is 2.16. The van der Waals surface area contributed by atoms with Crippen LogP contribution in [0.15, 0.2) is 31.1 Å². The predicted octanol–water partition coefficient (Wildman–Crippen LogP) is 0.825. The standard InChI is InChI=1S/C16H14N10OS/c1-10-4-18-16(28-10)12-5-17-11-6-20-26(15(11)22-12)8-14(27)23-24-2-3-25-13(7-24)19-9-21-25/h2-6,9H,7-8H2,1H3,(H,23,27). The fourth-order valence-corrected chi connectivity index (χ4v) is 3.53. The summed E-state index contributed by atoms with van der Waals surface area (Å²) in [7, 11) is 0. The lowest BCUT2D eigenvalue weighted by Gasteiger charge is -2.23. The lowest BCUT2D eigenvalue weighted by molar-refractivity contribution is -0.125. The van der Waals surface area contributed by atoms with Crippen LogP contribution in [0.4, 0.5) is 0 Å². The summed E-state index contributed by atoms with van der Waals surface area (Å²) >= 11 is 1.54. The summed E-state index contributed by atoms with van der Waals surface area (Å²) in [6, 6.07) is 0. The molecule has 4 aromatic heterocycles. The maximum Gasteiger partial charge on any atom is 0.260 e. The summed E-state index contributed by atoms with van der Waals surface area (Å²) < 4.78 is 3.18. The fraction of sp³-hybridized carbons (Fsp3) is 0.188. The van der Waals surface area contributed by atoms with Gasteiger partial charge in [-0.3, -0.25) is 15.2 Å². The van der Waals surface area contributed by atoms with Crippen molar-refractivity contribution in [2.45, 2.75) is 20.0 Å². The zero-order valence-electron chi connectivity index (χ0n) is 14.7. The van der Waals surface area contributed by atoms with Gasteiger partial charge in [0.1, 0.15) is 29.1 Å². The van der Waals surface area contributed by atoms with E-state index in [1.165, 1.54) is 11.0 Å². The molecular weight excluding hydrogens is 380 g/mol. The van der Waals surface area contributed by atoms with Crippen LogP contribution >= 0.6 is 11.3 Å². The number of carbonyl (C=O) groups excluding carboxylic acids is 1. The van der Waals surface area contributed by atoms with E-state index >= 15 is 0 Å². The molecule has 0 bridgehead atoms. The number of hydrogen-bond acceptors (Lipinski definition) is 9. The highest BCUT2D eigenvalue weighted by atomic mass is 32.1. The summed E-state index contributed by atoms with van der Waals surface area (Å²) in [5.74, 6) is 0.501. The predicted molar refractivity (Wildman–Crippen MR) is 100 cm³/mol. The van der Waals surface area contributed by atoms with Gasteiger partial charge >= 0.3 is 0 Å². The number of carbonyl (C=O) groups is 1. The lowest BCUT2D eigenvalue weighted by atomic mass is 10.4. The number of thiazole rings is 1. The van der Waals surface area contributed by atoms with Crippen molar-refractivity contribution in [3.8, 4) is 10.7 Å². The Balaban J connectivity index is 1.34. The van der Waals surface area contributed by atoms with E-state index in [1.807, 2.05) is 6.92 Å². The summed E-state index contributed by atoms with van der Waals surface area (Å²) in [5.41, 5.74) is 4.63. The van der Waals surface area contributed by atoms with Crippen molar-refractivity contribution in [3.05, 3.63) is 41.8 Å². The average molecular weight is 394 g/mol. The molecule has 0 fully saturated rings. The number of aromatic nitrogens is 8. The number of rotatable bonds is 4. The zero-order valence-corrected chi connectivity index (χ0v) is 15.5. The molecule has 1 aliphatic heterocycles. The molecule has 0 saturated carbocycles. The first kappa shape index (κ1) is 16.5. The van der Waals surface area contributed by atoms with Crippen molar-refractivity contribution in [2.24, 2.45) is 0 Å². The van der Waals surface area contributed by atoms with E-state index in [-0.39, 0.29) is 12.5 Å². The molecule has 28 heavy (non-hydrogen) atoms. The second-order valence-corrected chi connectivity index (χ2v) is 7.36. The van der Waals surface area contributed by atoms with Crippen molar-refractivity contribution in [1.29, 1.82) is 0 Å². The van der Waals surface area contributed by atoms with Gasteiger partial charge in [-0.15, -0.1) is 11.3 Å². The van der Waals surface area contributed by atoms with E-state index in [0.717, 1.165) is 15.7 Å². The van der Waals surface area contributed by atoms with E-state index in [2.05, 4.69) is 35.6 Å². The maximum absolute atomic E-state index is 12.5. The van der Waals surface area contributed by atoms with Crippen LogP contribution in [0.1, 0.15) is 10.7 Å². The third kappa shape index (κ3) is 2.99. The smallest absolute Gasteiger partial charge is 0.260 e. The molecule has 5 rings (SSSR count). The van der Waals surface area contributed by atoms with Crippen LogP contribution in [0.25, 0.3) is 28.1 Å². The molecule has 1 aliphatic rings. The molecule has 0 radical (unpaired) electrons.